The summed E-state index contributed by atoms with van der Waals surface area (Å²) in [6.45, 7) is 2.71. The van der Waals surface area contributed by atoms with Gasteiger partial charge in [-0.05, 0) is 37.8 Å². The van der Waals surface area contributed by atoms with Gasteiger partial charge in [0.15, 0.2) is 0 Å². The lowest BCUT2D eigenvalue weighted by molar-refractivity contribution is 0.273. The Kier molecular flexibility index (Phi) is 4.65. The van der Waals surface area contributed by atoms with Crippen LogP contribution in [0.15, 0.2) is 21.6 Å². The largest absolute Gasteiger partial charge is 0.447 e. The SMILES string of the molecule is C[C@@H](NCc1ccc(S(N)(=O)=O)o1)C1CCCCC1. The summed E-state index contributed by atoms with van der Waals surface area (Å²) in [5, 5.41) is 8.23. The van der Waals surface area contributed by atoms with Crippen LogP contribution in [0.25, 0.3) is 0 Å². The molecule has 108 valence electrons. The molecular formula is C13H22N2O3S. The van der Waals surface area contributed by atoms with Crippen molar-refractivity contribution in [2.75, 3.05) is 0 Å². The summed E-state index contributed by atoms with van der Waals surface area (Å²) in [6, 6.07) is 3.47. The highest BCUT2D eigenvalue weighted by molar-refractivity contribution is 7.89. The number of hydrogen-bond donors (Lipinski definition) is 2. The molecule has 0 spiro atoms. The van der Waals surface area contributed by atoms with Gasteiger partial charge in [0.2, 0.25) is 5.09 Å². The first-order chi connectivity index (χ1) is 8.97. The van der Waals surface area contributed by atoms with E-state index in [4.69, 9.17) is 9.56 Å². The molecule has 5 nitrogen and oxygen atoms in total. The van der Waals surface area contributed by atoms with Crippen molar-refractivity contribution < 1.29 is 12.8 Å². The summed E-state index contributed by atoms with van der Waals surface area (Å²) in [7, 11) is -3.74. The third kappa shape index (κ3) is 4.06. The number of nitrogens with two attached hydrogens (primary N) is 1. The maximum atomic E-state index is 11.1. The van der Waals surface area contributed by atoms with Gasteiger partial charge < -0.3 is 9.73 Å². The molecule has 1 atom stereocenters. The zero-order chi connectivity index (χ0) is 13.9. The second kappa shape index (κ2) is 6.07. The summed E-state index contributed by atoms with van der Waals surface area (Å²) < 4.78 is 27.4. The van der Waals surface area contributed by atoms with Crippen LogP contribution in [0, 0.1) is 5.92 Å². The van der Waals surface area contributed by atoms with Crippen LogP contribution in [0.3, 0.4) is 0 Å². The Morgan fingerprint density at radius 2 is 2.05 bits per heavy atom. The van der Waals surface area contributed by atoms with E-state index in [1.165, 1.54) is 38.2 Å². The fourth-order valence-electron chi connectivity index (χ4n) is 2.67. The summed E-state index contributed by atoms with van der Waals surface area (Å²) in [5.41, 5.74) is 0. The molecule has 3 N–H and O–H groups in total. The lowest BCUT2D eigenvalue weighted by Crippen LogP contribution is -2.34. The molecule has 1 aromatic rings. The van der Waals surface area contributed by atoms with E-state index in [0.717, 1.165) is 0 Å². The molecule has 0 unspecified atom stereocenters. The zero-order valence-electron chi connectivity index (χ0n) is 11.3. The predicted octanol–water partition coefficient (Wildman–Crippen LogP) is 1.99. The van der Waals surface area contributed by atoms with Gasteiger partial charge in [-0.3, -0.25) is 0 Å². The maximum Gasteiger partial charge on any atom is 0.271 e. The van der Waals surface area contributed by atoms with Gasteiger partial charge in [0, 0.05) is 6.04 Å². The third-order valence-electron chi connectivity index (χ3n) is 3.87. The van der Waals surface area contributed by atoms with Crippen LogP contribution in [0.1, 0.15) is 44.8 Å². The van der Waals surface area contributed by atoms with Crippen molar-refractivity contribution in [1.82, 2.24) is 5.32 Å². The Bertz CT molecular complexity index is 504. The van der Waals surface area contributed by atoms with Gasteiger partial charge in [0.25, 0.3) is 10.0 Å². The van der Waals surface area contributed by atoms with E-state index in [0.29, 0.717) is 24.3 Å². The van der Waals surface area contributed by atoms with Crippen molar-refractivity contribution in [3.63, 3.8) is 0 Å². The molecule has 0 aromatic carbocycles. The van der Waals surface area contributed by atoms with Crippen LogP contribution in [-0.4, -0.2) is 14.5 Å². The lowest BCUT2D eigenvalue weighted by atomic mass is 9.84. The average Bonchev–Trinajstić information content (AvgIpc) is 2.86. The fraction of sp³-hybridized carbons (Fsp3) is 0.692. The monoisotopic (exact) mass is 286 g/mol. The molecule has 2 rings (SSSR count). The summed E-state index contributed by atoms with van der Waals surface area (Å²) in [6.07, 6.45) is 6.52. The van der Waals surface area contributed by atoms with Crippen molar-refractivity contribution >= 4 is 10.0 Å². The Balaban J connectivity index is 1.86. The minimum absolute atomic E-state index is 0.172. The summed E-state index contributed by atoms with van der Waals surface area (Å²) in [4.78, 5) is 0. The van der Waals surface area contributed by atoms with E-state index in [2.05, 4.69) is 12.2 Å². The van der Waals surface area contributed by atoms with Gasteiger partial charge in [-0.1, -0.05) is 19.3 Å². The third-order valence-corrected chi connectivity index (χ3v) is 4.65. The summed E-state index contributed by atoms with van der Waals surface area (Å²) >= 11 is 0. The van der Waals surface area contributed by atoms with Gasteiger partial charge in [-0.15, -0.1) is 0 Å². The second-order valence-corrected chi connectivity index (χ2v) is 6.83. The molecule has 6 heteroatoms. The normalized spacial score (nSPS) is 19.5. The van der Waals surface area contributed by atoms with Crippen molar-refractivity contribution in [1.29, 1.82) is 0 Å². The molecule has 1 aliphatic rings. The minimum Gasteiger partial charge on any atom is -0.447 e. The maximum absolute atomic E-state index is 11.1. The molecule has 1 aliphatic carbocycles. The van der Waals surface area contributed by atoms with E-state index >= 15 is 0 Å². The molecule has 0 aliphatic heterocycles. The molecule has 0 bridgehead atoms. The first-order valence-corrected chi connectivity index (χ1v) is 8.36. The highest BCUT2D eigenvalue weighted by atomic mass is 32.2. The number of primary sulfonamides is 1. The van der Waals surface area contributed by atoms with Crippen LogP contribution in [0.4, 0.5) is 0 Å². The highest BCUT2D eigenvalue weighted by Crippen LogP contribution is 2.26. The van der Waals surface area contributed by atoms with Gasteiger partial charge in [0.05, 0.1) is 6.54 Å². The Labute approximate surface area is 114 Å². The topological polar surface area (TPSA) is 85.3 Å². The van der Waals surface area contributed by atoms with Gasteiger partial charge in [-0.25, -0.2) is 13.6 Å². The van der Waals surface area contributed by atoms with Crippen molar-refractivity contribution in [3.05, 3.63) is 17.9 Å². The molecule has 0 amide bonds. The van der Waals surface area contributed by atoms with Gasteiger partial charge >= 0.3 is 0 Å². The van der Waals surface area contributed by atoms with Crippen LogP contribution >= 0.6 is 0 Å². The Hall–Kier alpha value is -0.850. The molecule has 1 fully saturated rings. The molecule has 0 saturated heterocycles. The Morgan fingerprint density at radius 3 is 2.63 bits per heavy atom. The van der Waals surface area contributed by atoms with Crippen molar-refractivity contribution in [2.24, 2.45) is 11.1 Å². The highest BCUT2D eigenvalue weighted by Gasteiger charge is 2.20. The van der Waals surface area contributed by atoms with Gasteiger partial charge in [0.1, 0.15) is 5.76 Å². The zero-order valence-corrected chi connectivity index (χ0v) is 12.1. The molecular weight excluding hydrogens is 264 g/mol. The van der Waals surface area contributed by atoms with Crippen LogP contribution in [0.5, 0.6) is 0 Å². The minimum atomic E-state index is -3.74. The smallest absolute Gasteiger partial charge is 0.271 e. The number of hydrogen-bond acceptors (Lipinski definition) is 4. The number of rotatable bonds is 5. The lowest BCUT2D eigenvalue weighted by Gasteiger charge is -2.28. The van der Waals surface area contributed by atoms with E-state index in [9.17, 15) is 8.42 Å². The predicted molar refractivity (Wildman–Crippen MR) is 73.0 cm³/mol. The first kappa shape index (κ1) is 14.6. The molecule has 1 saturated carbocycles. The quantitative estimate of drug-likeness (QED) is 0.866. The van der Waals surface area contributed by atoms with Crippen molar-refractivity contribution in [2.45, 2.75) is 56.7 Å². The van der Waals surface area contributed by atoms with E-state index in [-0.39, 0.29) is 5.09 Å². The first-order valence-electron chi connectivity index (χ1n) is 6.82. The number of furan rings is 1. The van der Waals surface area contributed by atoms with E-state index in [1.54, 1.807) is 6.07 Å². The molecule has 1 aromatic heterocycles. The van der Waals surface area contributed by atoms with Gasteiger partial charge in [-0.2, -0.15) is 0 Å². The summed E-state index contributed by atoms with van der Waals surface area (Å²) in [5.74, 6) is 1.31. The van der Waals surface area contributed by atoms with E-state index < -0.39 is 10.0 Å². The molecule has 1 heterocycles. The molecule has 0 radical (unpaired) electrons. The Morgan fingerprint density at radius 1 is 1.37 bits per heavy atom. The molecule has 19 heavy (non-hydrogen) atoms. The van der Waals surface area contributed by atoms with E-state index in [1.807, 2.05) is 0 Å². The second-order valence-electron chi connectivity index (χ2n) is 5.33. The number of nitrogens with one attached hydrogen (secondary N) is 1. The standard InChI is InChI=1S/C13H22N2O3S/c1-10(11-5-3-2-4-6-11)15-9-12-7-8-13(18-12)19(14,16)17/h7-8,10-11,15H,2-6,9H2,1H3,(H2,14,16,17)/t10-/m1/s1. The van der Waals surface area contributed by atoms with Crippen molar-refractivity contribution in [3.8, 4) is 0 Å². The fourth-order valence-corrected chi connectivity index (χ4v) is 3.15. The van der Waals surface area contributed by atoms with Crippen LogP contribution < -0.4 is 10.5 Å². The number of sulfonamides is 1. The van der Waals surface area contributed by atoms with Crippen LogP contribution in [0.2, 0.25) is 0 Å². The average molecular weight is 286 g/mol. The van der Waals surface area contributed by atoms with Crippen LogP contribution in [-0.2, 0) is 16.6 Å².